The summed E-state index contributed by atoms with van der Waals surface area (Å²) in [6.45, 7) is 5.77. The average molecular weight is 447 g/mol. The van der Waals surface area contributed by atoms with Gasteiger partial charge in [0, 0.05) is 63.4 Å². The van der Waals surface area contributed by atoms with Crippen LogP contribution < -0.4 is 10.2 Å². The zero-order chi connectivity index (χ0) is 21.8. The summed E-state index contributed by atoms with van der Waals surface area (Å²) >= 11 is 1.34. The van der Waals surface area contributed by atoms with Crippen molar-refractivity contribution >= 4 is 34.1 Å². The van der Waals surface area contributed by atoms with Crippen molar-refractivity contribution in [3.63, 3.8) is 0 Å². The fourth-order valence-corrected chi connectivity index (χ4v) is 4.46. The van der Waals surface area contributed by atoms with Crippen molar-refractivity contribution in [3.8, 4) is 0 Å². The van der Waals surface area contributed by atoms with Crippen LogP contribution in [0.1, 0.15) is 5.69 Å². The molecular weight excluding hydrogens is 419 g/mol. The second-order valence-electron chi connectivity index (χ2n) is 7.89. The number of likely N-dealkylation sites (N-methyl/N-ethyl adjacent to an activating group) is 1. The summed E-state index contributed by atoms with van der Waals surface area (Å²) < 4.78 is 13.1. The molecule has 1 aromatic carbocycles. The number of anilines is 2. The Morgan fingerprint density at radius 3 is 2.32 bits per heavy atom. The van der Waals surface area contributed by atoms with E-state index in [9.17, 15) is 14.0 Å². The maximum Gasteiger partial charge on any atom is 0.323 e. The molecule has 3 amide bonds. The van der Waals surface area contributed by atoms with Gasteiger partial charge >= 0.3 is 6.03 Å². The van der Waals surface area contributed by atoms with E-state index in [4.69, 9.17) is 0 Å². The van der Waals surface area contributed by atoms with Gasteiger partial charge in [-0.15, -0.1) is 11.3 Å². The Morgan fingerprint density at radius 1 is 1.00 bits per heavy atom. The molecule has 0 bridgehead atoms. The van der Waals surface area contributed by atoms with Crippen molar-refractivity contribution in [1.29, 1.82) is 0 Å². The third-order valence-electron chi connectivity index (χ3n) is 5.71. The van der Waals surface area contributed by atoms with Crippen molar-refractivity contribution in [2.24, 2.45) is 0 Å². The van der Waals surface area contributed by atoms with E-state index in [2.05, 4.69) is 20.1 Å². The predicted molar refractivity (Wildman–Crippen MR) is 119 cm³/mol. The largest absolute Gasteiger partial charge is 0.368 e. The first-order valence-corrected chi connectivity index (χ1v) is 11.3. The molecule has 1 aromatic heterocycles. The van der Waals surface area contributed by atoms with Gasteiger partial charge in [-0.2, -0.15) is 0 Å². The van der Waals surface area contributed by atoms with Crippen LogP contribution >= 0.6 is 11.3 Å². The third-order valence-corrected chi connectivity index (χ3v) is 6.52. The van der Waals surface area contributed by atoms with Crippen LogP contribution in [0.25, 0.3) is 0 Å². The normalized spacial score (nSPS) is 17.7. The summed E-state index contributed by atoms with van der Waals surface area (Å²) in [5.74, 6) is -0.221. The van der Waals surface area contributed by atoms with Crippen LogP contribution in [-0.4, -0.2) is 91.0 Å². The van der Waals surface area contributed by atoms with Crippen LogP contribution in [0.5, 0.6) is 0 Å². The number of nitrogens with zero attached hydrogens (tertiary/aromatic N) is 5. The van der Waals surface area contributed by atoms with Crippen LogP contribution in [0.3, 0.4) is 0 Å². The number of aromatic nitrogens is 1. The van der Waals surface area contributed by atoms with E-state index < -0.39 is 0 Å². The van der Waals surface area contributed by atoms with Gasteiger partial charge in [0.05, 0.1) is 12.1 Å². The molecule has 2 saturated heterocycles. The zero-order valence-electron chi connectivity index (χ0n) is 17.6. The van der Waals surface area contributed by atoms with Gasteiger partial charge in [0.1, 0.15) is 5.82 Å². The predicted octanol–water partition coefficient (Wildman–Crippen LogP) is 1.95. The Balaban J connectivity index is 1.24. The molecule has 0 saturated carbocycles. The Hall–Kier alpha value is -2.72. The monoisotopic (exact) mass is 446 g/mol. The van der Waals surface area contributed by atoms with E-state index in [1.54, 1.807) is 17.0 Å². The topological polar surface area (TPSA) is 72.0 Å². The van der Waals surface area contributed by atoms with E-state index in [0.29, 0.717) is 50.1 Å². The molecular formula is C21H27FN6O2S. The standard InChI is InChI=1S/C21H27FN6O2S/c1-25-6-8-28(9-7-25)21(30)24-20-23-17(15-31-20)14-19(29)27-12-10-26(11-13-27)18-4-2-16(22)3-5-18/h2-5,15H,6-14H2,1H3,(H,23,24,30). The summed E-state index contributed by atoms with van der Waals surface area (Å²) in [6, 6.07) is 6.29. The van der Waals surface area contributed by atoms with E-state index in [1.807, 2.05) is 17.3 Å². The number of benzene rings is 1. The van der Waals surface area contributed by atoms with E-state index in [0.717, 1.165) is 18.8 Å². The highest BCUT2D eigenvalue weighted by atomic mass is 32.1. The number of carbonyl (C=O) groups is 2. The molecule has 2 aliphatic rings. The minimum absolute atomic E-state index is 0.0287. The van der Waals surface area contributed by atoms with Crippen LogP contribution in [0.4, 0.5) is 20.0 Å². The number of carbonyl (C=O) groups excluding carboxylic acids is 2. The van der Waals surface area contributed by atoms with Gasteiger partial charge in [0.25, 0.3) is 0 Å². The number of hydrogen-bond donors (Lipinski definition) is 1. The number of thiazole rings is 1. The molecule has 0 unspecified atom stereocenters. The molecule has 0 radical (unpaired) electrons. The molecule has 3 heterocycles. The van der Waals surface area contributed by atoms with Crippen molar-refractivity contribution in [3.05, 3.63) is 41.2 Å². The molecule has 10 heteroatoms. The molecule has 2 fully saturated rings. The van der Waals surface area contributed by atoms with Crippen molar-refractivity contribution in [2.45, 2.75) is 6.42 Å². The van der Waals surface area contributed by atoms with Crippen molar-refractivity contribution in [2.75, 3.05) is 69.6 Å². The summed E-state index contributed by atoms with van der Waals surface area (Å²) in [4.78, 5) is 37.5. The summed E-state index contributed by atoms with van der Waals surface area (Å²) in [5.41, 5.74) is 1.64. The van der Waals surface area contributed by atoms with Gasteiger partial charge in [-0.25, -0.2) is 14.2 Å². The highest BCUT2D eigenvalue weighted by molar-refractivity contribution is 7.13. The summed E-state index contributed by atoms with van der Waals surface area (Å²) in [7, 11) is 2.04. The fourth-order valence-electron chi connectivity index (χ4n) is 3.76. The van der Waals surface area contributed by atoms with Gasteiger partial charge in [0.2, 0.25) is 5.91 Å². The summed E-state index contributed by atoms with van der Waals surface area (Å²) in [6.07, 6.45) is 0.220. The number of hydrogen-bond acceptors (Lipinski definition) is 6. The average Bonchev–Trinajstić information content (AvgIpc) is 3.21. The molecule has 166 valence electrons. The minimum atomic E-state index is -0.250. The fraction of sp³-hybridized carbons (Fsp3) is 0.476. The van der Waals surface area contributed by atoms with Crippen LogP contribution in [0.15, 0.2) is 29.6 Å². The lowest BCUT2D eigenvalue weighted by atomic mass is 10.2. The Morgan fingerprint density at radius 2 is 1.65 bits per heavy atom. The lowest BCUT2D eigenvalue weighted by Crippen LogP contribution is -2.49. The summed E-state index contributed by atoms with van der Waals surface area (Å²) in [5, 5.41) is 5.19. The molecule has 31 heavy (non-hydrogen) atoms. The SMILES string of the molecule is CN1CCN(C(=O)Nc2nc(CC(=O)N3CCN(c4ccc(F)cc4)CC3)cs2)CC1. The molecule has 0 spiro atoms. The first kappa shape index (κ1) is 21.5. The molecule has 1 N–H and O–H groups in total. The molecule has 8 nitrogen and oxygen atoms in total. The van der Waals surface area contributed by atoms with Gasteiger partial charge in [-0.05, 0) is 31.3 Å². The van der Waals surface area contributed by atoms with E-state index in [-0.39, 0.29) is 24.2 Å². The number of piperazine rings is 2. The maximum absolute atomic E-state index is 13.1. The van der Waals surface area contributed by atoms with Crippen LogP contribution in [-0.2, 0) is 11.2 Å². The number of rotatable bonds is 4. The Labute approximate surface area is 185 Å². The van der Waals surface area contributed by atoms with E-state index in [1.165, 1.54) is 23.5 Å². The quantitative estimate of drug-likeness (QED) is 0.777. The second-order valence-corrected chi connectivity index (χ2v) is 8.74. The van der Waals surface area contributed by atoms with Crippen molar-refractivity contribution < 1.29 is 14.0 Å². The third kappa shape index (κ3) is 5.50. The van der Waals surface area contributed by atoms with Crippen LogP contribution in [0.2, 0.25) is 0 Å². The highest BCUT2D eigenvalue weighted by Crippen LogP contribution is 2.19. The van der Waals surface area contributed by atoms with E-state index >= 15 is 0 Å². The van der Waals surface area contributed by atoms with Crippen molar-refractivity contribution in [1.82, 2.24) is 19.7 Å². The smallest absolute Gasteiger partial charge is 0.323 e. The Kier molecular flexibility index (Phi) is 6.67. The van der Waals surface area contributed by atoms with Gasteiger partial charge < -0.3 is 19.6 Å². The highest BCUT2D eigenvalue weighted by Gasteiger charge is 2.23. The lowest BCUT2D eigenvalue weighted by Gasteiger charge is -2.36. The molecule has 0 atom stereocenters. The lowest BCUT2D eigenvalue weighted by molar-refractivity contribution is -0.130. The first-order chi connectivity index (χ1) is 15.0. The maximum atomic E-state index is 13.1. The Bertz CT molecular complexity index is 905. The first-order valence-electron chi connectivity index (χ1n) is 10.4. The molecule has 4 rings (SSSR count). The number of urea groups is 1. The van der Waals surface area contributed by atoms with Gasteiger partial charge in [-0.1, -0.05) is 0 Å². The molecule has 2 aromatic rings. The van der Waals surface area contributed by atoms with Gasteiger partial charge in [0.15, 0.2) is 5.13 Å². The number of amides is 3. The number of nitrogens with one attached hydrogen (secondary N) is 1. The molecule has 0 aliphatic carbocycles. The minimum Gasteiger partial charge on any atom is -0.368 e. The number of halogens is 1. The zero-order valence-corrected chi connectivity index (χ0v) is 18.4. The second kappa shape index (κ2) is 9.61. The van der Waals surface area contributed by atoms with Crippen LogP contribution in [0, 0.1) is 5.82 Å². The molecule has 2 aliphatic heterocycles. The van der Waals surface area contributed by atoms with Gasteiger partial charge in [-0.3, -0.25) is 10.1 Å².